The van der Waals surface area contributed by atoms with Crippen LogP contribution in [0.2, 0.25) is 5.02 Å². The van der Waals surface area contributed by atoms with Crippen molar-refractivity contribution in [1.82, 2.24) is 10.2 Å². The Bertz CT molecular complexity index is 1360. The Morgan fingerprint density at radius 1 is 1.13 bits per heavy atom. The van der Waals surface area contributed by atoms with Crippen molar-refractivity contribution < 1.29 is 23.5 Å². The number of hydrogen-bond acceptors (Lipinski definition) is 4. The van der Waals surface area contributed by atoms with Gasteiger partial charge in [0, 0.05) is 28.9 Å². The molecule has 2 saturated heterocycles. The number of anilines is 1. The average molecular weight is 552 g/mol. The molecular formula is C30H31ClFN3O4. The second-order valence-corrected chi connectivity index (χ2v) is 11.5. The zero-order valence-electron chi connectivity index (χ0n) is 21.7. The van der Waals surface area contributed by atoms with E-state index in [0.29, 0.717) is 16.3 Å². The molecule has 9 heteroatoms. The number of carbonyl (C=O) groups excluding carboxylic acids is 3. The number of ether oxygens (including phenoxy) is 1. The highest BCUT2D eigenvalue weighted by molar-refractivity contribution is 6.31. The SMILES string of the molecule is Cc1ccc(NC(=O)[C@H]2[C@@H]3C=C[C@]4(O3)[C@@H]2C(=O)N(Cc2ccccc2F)[C@@H]4C(=O)NC2CCCCC2)cc1Cl. The van der Waals surface area contributed by atoms with Crippen LogP contribution in [0.1, 0.15) is 43.2 Å². The van der Waals surface area contributed by atoms with Gasteiger partial charge >= 0.3 is 0 Å². The lowest BCUT2D eigenvalue weighted by molar-refractivity contribution is -0.142. The minimum atomic E-state index is -1.31. The van der Waals surface area contributed by atoms with Gasteiger partial charge in [-0.2, -0.15) is 0 Å². The standard InChI is InChI=1S/C30H31ClFN3O4/c1-17-11-12-20(15-21(17)31)34-27(36)24-23-13-14-30(39-23)25(24)29(38)35(16-18-7-5-6-10-22(18)32)26(30)28(37)33-19-8-3-2-4-9-19/h5-7,10-15,19,23-26H,2-4,8-9,16H2,1H3,(H,33,37)(H,34,36)/t23-,24-,25-,26+,30-/m0/s1. The lowest BCUT2D eigenvalue weighted by atomic mass is 9.74. The molecule has 0 unspecified atom stereocenters. The van der Waals surface area contributed by atoms with Gasteiger partial charge in [0.2, 0.25) is 17.7 Å². The molecule has 2 N–H and O–H groups in total. The first-order valence-electron chi connectivity index (χ1n) is 13.6. The van der Waals surface area contributed by atoms with E-state index < -0.39 is 41.3 Å². The fourth-order valence-corrected chi connectivity index (χ4v) is 6.85. The van der Waals surface area contributed by atoms with Crippen molar-refractivity contribution in [3.05, 3.63) is 76.6 Å². The molecule has 3 aliphatic heterocycles. The average Bonchev–Trinajstić information content (AvgIpc) is 3.56. The number of hydrogen-bond donors (Lipinski definition) is 2. The van der Waals surface area contributed by atoms with E-state index in [2.05, 4.69) is 10.6 Å². The number of fused-ring (bicyclic) bond motifs is 1. The van der Waals surface area contributed by atoms with Crippen LogP contribution >= 0.6 is 11.6 Å². The second kappa shape index (κ2) is 10.1. The Morgan fingerprint density at radius 3 is 2.64 bits per heavy atom. The Hall–Kier alpha value is -3.23. The monoisotopic (exact) mass is 551 g/mol. The van der Waals surface area contributed by atoms with Crippen LogP contribution in [-0.4, -0.2) is 46.4 Å². The predicted octanol–water partition coefficient (Wildman–Crippen LogP) is 4.53. The van der Waals surface area contributed by atoms with Crippen LogP contribution in [0.15, 0.2) is 54.6 Å². The number of rotatable bonds is 6. The van der Waals surface area contributed by atoms with Crippen LogP contribution in [0.5, 0.6) is 0 Å². The number of halogens is 2. The molecule has 2 bridgehead atoms. The summed E-state index contributed by atoms with van der Waals surface area (Å²) in [5.41, 5.74) is 0.378. The molecule has 3 heterocycles. The van der Waals surface area contributed by atoms with E-state index in [1.807, 2.05) is 6.92 Å². The smallest absolute Gasteiger partial charge is 0.246 e. The van der Waals surface area contributed by atoms with Gasteiger partial charge in [0.05, 0.1) is 17.9 Å². The summed E-state index contributed by atoms with van der Waals surface area (Å²) in [4.78, 5) is 42.9. The van der Waals surface area contributed by atoms with Gasteiger partial charge in [-0.05, 0) is 43.5 Å². The minimum absolute atomic E-state index is 0.0140. The van der Waals surface area contributed by atoms with Gasteiger partial charge in [0.15, 0.2) is 0 Å². The van der Waals surface area contributed by atoms with Gasteiger partial charge in [-0.1, -0.05) is 67.3 Å². The van der Waals surface area contributed by atoms with Gasteiger partial charge in [-0.15, -0.1) is 0 Å². The molecule has 204 valence electrons. The summed E-state index contributed by atoms with van der Waals surface area (Å²) in [5, 5.41) is 6.54. The van der Waals surface area contributed by atoms with Gasteiger partial charge in [0.25, 0.3) is 0 Å². The van der Waals surface area contributed by atoms with Crippen molar-refractivity contribution in [2.24, 2.45) is 11.8 Å². The first-order valence-corrected chi connectivity index (χ1v) is 13.9. The summed E-state index contributed by atoms with van der Waals surface area (Å²) >= 11 is 6.25. The highest BCUT2D eigenvalue weighted by atomic mass is 35.5. The van der Waals surface area contributed by atoms with E-state index in [9.17, 15) is 18.8 Å². The molecule has 2 aromatic rings. The van der Waals surface area contributed by atoms with Crippen LogP contribution in [0, 0.1) is 24.6 Å². The lowest BCUT2D eigenvalue weighted by Crippen LogP contribution is -2.56. The van der Waals surface area contributed by atoms with Crippen molar-refractivity contribution in [2.45, 2.75) is 69.4 Å². The van der Waals surface area contributed by atoms with E-state index in [1.54, 1.807) is 48.6 Å². The fourth-order valence-electron chi connectivity index (χ4n) is 6.67. The molecule has 5 atom stereocenters. The summed E-state index contributed by atoms with van der Waals surface area (Å²) in [6.07, 6.45) is 7.83. The highest BCUT2D eigenvalue weighted by Crippen LogP contribution is 2.55. The molecular weight excluding hydrogens is 521 g/mol. The highest BCUT2D eigenvalue weighted by Gasteiger charge is 2.72. The first-order chi connectivity index (χ1) is 18.8. The first kappa shape index (κ1) is 26.0. The summed E-state index contributed by atoms with van der Waals surface area (Å²) in [6, 6.07) is 10.4. The molecule has 2 aromatic carbocycles. The maximum Gasteiger partial charge on any atom is 0.246 e. The van der Waals surface area contributed by atoms with Crippen LogP contribution in [0.25, 0.3) is 0 Å². The Balaban J connectivity index is 1.33. The van der Waals surface area contributed by atoms with Crippen molar-refractivity contribution >= 4 is 35.0 Å². The molecule has 39 heavy (non-hydrogen) atoms. The number of carbonyl (C=O) groups is 3. The fraction of sp³-hybridized carbons (Fsp3) is 0.433. The molecule has 3 fully saturated rings. The largest absolute Gasteiger partial charge is 0.359 e. The third-order valence-corrected chi connectivity index (χ3v) is 9.02. The van der Waals surface area contributed by atoms with Crippen molar-refractivity contribution in [3.63, 3.8) is 0 Å². The topological polar surface area (TPSA) is 87.7 Å². The third-order valence-electron chi connectivity index (χ3n) is 8.61. The van der Waals surface area contributed by atoms with Crippen molar-refractivity contribution in [3.8, 4) is 0 Å². The normalized spacial score (nSPS) is 29.5. The summed E-state index contributed by atoms with van der Waals surface area (Å²) in [6.45, 7) is 1.77. The van der Waals surface area contributed by atoms with E-state index in [0.717, 1.165) is 37.7 Å². The summed E-state index contributed by atoms with van der Waals surface area (Å²) < 4.78 is 21.1. The number of nitrogens with zero attached hydrogens (tertiary/aromatic N) is 1. The van der Waals surface area contributed by atoms with Crippen LogP contribution in [0.3, 0.4) is 0 Å². The van der Waals surface area contributed by atoms with Crippen molar-refractivity contribution in [1.29, 1.82) is 0 Å². The van der Waals surface area contributed by atoms with Crippen LogP contribution < -0.4 is 10.6 Å². The van der Waals surface area contributed by atoms with Gasteiger partial charge in [0.1, 0.15) is 17.5 Å². The van der Waals surface area contributed by atoms with Crippen molar-refractivity contribution in [2.75, 3.05) is 5.32 Å². The molecule has 3 amide bonds. The summed E-state index contributed by atoms with van der Waals surface area (Å²) in [7, 11) is 0. The van der Waals surface area contributed by atoms with Crippen LogP contribution in [-0.2, 0) is 25.7 Å². The third kappa shape index (κ3) is 4.43. The quantitative estimate of drug-likeness (QED) is 0.517. The molecule has 7 nitrogen and oxygen atoms in total. The molecule has 1 saturated carbocycles. The molecule has 1 spiro atoms. The summed E-state index contributed by atoms with van der Waals surface area (Å²) in [5.74, 6) is -3.33. The predicted molar refractivity (Wildman–Crippen MR) is 144 cm³/mol. The number of nitrogens with one attached hydrogen (secondary N) is 2. The number of benzene rings is 2. The van der Waals surface area contributed by atoms with E-state index in [1.165, 1.54) is 11.0 Å². The molecule has 0 aromatic heterocycles. The Labute approximate surface area is 231 Å². The van der Waals surface area contributed by atoms with Crippen LogP contribution in [0.4, 0.5) is 10.1 Å². The Morgan fingerprint density at radius 2 is 1.90 bits per heavy atom. The zero-order chi connectivity index (χ0) is 27.3. The van der Waals surface area contributed by atoms with E-state index >= 15 is 0 Å². The number of aryl methyl sites for hydroxylation is 1. The molecule has 4 aliphatic rings. The van der Waals surface area contributed by atoms with Gasteiger partial charge < -0.3 is 20.3 Å². The molecule has 6 rings (SSSR count). The lowest BCUT2D eigenvalue weighted by Gasteiger charge is -2.34. The maximum atomic E-state index is 14.7. The van der Waals surface area contributed by atoms with Gasteiger partial charge in [-0.3, -0.25) is 14.4 Å². The molecule has 0 radical (unpaired) electrons. The molecule has 1 aliphatic carbocycles. The van der Waals surface area contributed by atoms with E-state index in [4.69, 9.17) is 16.3 Å². The van der Waals surface area contributed by atoms with E-state index in [-0.39, 0.29) is 24.4 Å². The maximum absolute atomic E-state index is 14.7. The minimum Gasteiger partial charge on any atom is -0.359 e. The van der Waals surface area contributed by atoms with Gasteiger partial charge in [-0.25, -0.2) is 4.39 Å². The number of likely N-dealkylation sites (tertiary alicyclic amines) is 1. The zero-order valence-corrected chi connectivity index (χ0v) is 22.4. The second-order valence-electron chi connectivity index (χ2n) is 11.1. The number of amides is 3. The Kier molecular flexibility index (Phi) is 6.71.